The van der Waals surface area contributed by atoms with Gasteiger partial charge in [-0.25, -0.2) is 0 Å². The minimum atomic E-state index is -0.139. The number of guanidine groups is 2. The summed E-state index contributed by atoms with van der Waals surface area (Å²) >= 11 is 0. The molecule has 6 N–H and O–H groups in total. The molecule has 0 atom stereocenters. The van der Waals surface area contributed by atoms with Crippen LogP contribution in [0.25, 0.3) is 5.57 Å². The molecule has 0 saturated heterocycles. The minimum absolute atomic E-state index is 0.107. The van der Waals surface area contributed by atoms with Crippen molar-refractivity contribution in [3.05, 3.63) is 70.3 Å². The normalized spacial score (nSPS) is 15.4. The predicted molar refractivity (Wildman–Crippen MR) is 133 cm³/mol. The topological polar surface area (TPSA) is 121 Å². The largest absolute Gasteiger partial charge is 0.370 e. The molecule has 4 rings (SSSR count). The first-order valence-corrected chi connectivity index (χ1v) is 11.2. The number of nitrogens with one attached hydrogen (secondary N) is 4. The molecule has 2 aliphatic rings. The fourth-order valence-corrected chi connectivity index (χ4v) is 4.48. The second-order valence-corrected chi connectivity index (χ2v) is 8.55. The summed E-state index contributed by atoms with van der Waals surface area (Å²) in [6.07, 6.45) is 3.82. The van der Waals surface area contributed by atoms with E-state index in [2.05, 4.69) is 16.7 Å². The Morgan fingerprint density at radius 2 is 1.82 bits per heavy atom. The van der Waals surface area contributed by atoms with Gasteiger partial charge >= 0.3 is 0 Å². The highest BCUT2D eigenvalue weighted by atomic mass is 16.1. The Labute approximate surface area is 194 Å². The molecule has 2 aromatic carbocycles. The molecule has 0 aliphatic carbocycles. The fourth-order valence-electron chi connectivity index (χ4n) is 4.48. The van der Waals surface area contributed by atoms with Gasteiger partial charge < -0.3 is 26.2 Å². The third-order valence-electron chi connectivity index (χ3n) is 6.41. The molecule has 172 valence electrons. The average Bonchev–Trinajstić information content (AvgIpc) is 2.83. The Morgan fingerprint density at radius 3 is 2.48 bits per heavy atom. The summed E-state index contributed by atoms with van der Waals surface area (Å²) < 4.78 is 0. The number of carbonyl (C=O) groups is 1. The summed E-state index contributed by atoms with van der Waals surface area (Å²) in [5.41, 5.74) is 12.8. The Balaban J connectivity index is 1.46. The van der Waals surface area contributed by atoms with Gasteiger partial charge in [-0.05, 0) is 71.9 Å². The van der Waals surface area contributed by atoms with Gasteiger partial charge in [-0.3, -0.25) is 15.6 Å². The predicted octanol–water partition coefficient (Wildman–Crippen LogP) is 2.74. The van der Waals surface area contributed by atoms with Crippen molar-refractivity contribution in [1.29, 1.82) is 10.8 Å². The fraction of sp³-hybridized carbons (Fsp3) is 0.320. The van der Waals surface area contributed by atoms with Gasteiger partial charge in [-0.15, -0.1) is 0 Å². The van der Waals surface area contributed by atoms with Crippen LogP contribution in [0.5, 0.6) is 0 Å². The Hall–Kier alpha value is -3.81. The van der Waals surface area contributed by atoms with E-state index in [1.807, 2.05) is 53.1 Å². The number of nitrogens with two attached hydrogens (primary N) is 1. The van der Waals surface area contributed by atoms with Crippen molar-refractivity contribution < 1.29 is 4.79 Å². The maximum absolute atomic E-state index is 12.9. The summed E-state index contributed by atoms with van der Waals surface area (Å²) in [4.78, 5) is 16.8. The van der Waals surface area contributed by atoms with Crippen LogP contribution in [0.2, 0.25) is 0 Å². The van der Waals surface area contributed by atoms with Gasteiger partial charge in [-0.2, -0.15) is 0 Å². The molecule has 8 heteroatoms. The van der Waals surface area contributed by atoms with E-state index in [0.717, 1.165) is 48.3 Å². The summed E-state index contributed by atoms with van der Waals surface area (Å²) in [7, 11) is 1.75. The van der Waals surface area contributed by atoms with Crippen molar-refractivity contribution in [3.8, 4) is 0 Å². The van der Waals surface area contributed by atoms with Crippen LogP contribution < -0.4 is 16.4 Å². The Morgan fingerprint density at radius 1 is 1.03 bits per heavy atom. The van der Waals surface area contributed by atoms with E-state index in [1.165, 1.54) is 11.1 Å². The Kier molecular flexibility index (Phi) is 6.35. The molecule has 0 aromatic heterocycles. The molecule has 8 nitrogen and oxygen atoms in total. The van der Waals surface area contributed by atoms with Crippen LogP contribution in [0.15, 0.2) is 42.5 Å². The van der Waals surface area contributed by atoms with Gasteiger partial charge in [-0.1, -0.05) is 18.2 Å². The van der Waals surface area contributed by atoms with Crippen LogP contribution in [0.1, 0.15) is 39.0 Å². The van der Waals surface area contributed by atoms with Crippen molar-refractivity contribution >= 4 is 29.1 Å². The number of hydrogen-bond acceptors (Lipinski definition) is 3. The average molecular weight is 446 g/mol. The third kappa shape index (κ3) is 4.84. The number of amides is 1. The molecule has 0 fully saturated rings. The van der Waals surface area contributed by atoms with Gasteiger partial charge in [0, 0.05) is 44.5 Å². The van der Waals surface area contributed by atoms with Crippen LogP contribution >= 0.6 is 0 Å². The molecule has 0 unspecified atom stereocenters. The molecule has 1 amide bonds. The number of hydrogen-bond donors (Lipinski definition) is 5. The Bertz CT molecular complexity index is 1140. The lowest BCUT2D eigenvalue weighted by atomic mass is 9.95. The zero-order chi connectivity index (χ0) is 23.5. The first-order chi connectivity index (χ1) is 15.9. The van der Waals surface area contributed by atoms with E-state index < -0.39 is 0 Å². The summed E-state index contributed by atoms with van der Waals surface area (Å²) in [5.74, 6) is 0.364. The van der Waals surface area contributed by atoms with Crippen molar-refractivity contribution in [1.82, 2.24) is 15.1 Å². The van der Waals surface area contributed by atoms with Crippen molar-refractivity contribution in [2.75, 3.05) is 32.0 Å². The number of carbonyl (C=O) groups excluding carboxylic acids is 1. The van der Waals surface area contributed by atoms with E-state index in [9.17, 15) is 4.79 Å². The van der Waals surface area contributed by atoms with Crippen LogP contribution in [-0.4, -0.2) is 54.3 Å². The van der Waals surface area contributed by atoms with Crippen LogP contribution in [0, 0.1) is 17.7 Å². The van der Waals surface area contributed by atoms with Crippen LogP contribution in [0.4, 0.5) is 5.69 Å². The van der Waals surface area contributed by atoms with Crippen molar-refractivity contribution in [3.63, 3.8) is 0 Å². The zero-order valence-electron chi connectivity index (χ0n) is 19.2. The van der Waals surface area contributed by atoms with Gasteiger partial charge in [0.1, 0.15) is 0 Å². The second-order valence-electron chi connectivity index (χ2n) is 8.55. The number of fused-ring (bicyclic) bond motifs is 1. The maximum Gasteiger partial charge on any atom is 0.255 e. The molecule has 2 aromatic rings. The van der Waals surface area contributed by atoms with Gasteiger partial charge in [0.15, 0.2) is 11.9 Å². The summed E-state index contributed by atoms with van der Waals surface area (Å²) in [5, 5.41) is 21.5. The summed E-state index contributed by atoms with van der Waals surface area (Å²) in [6.45, 7) is 4.86. The van der Waals surface area contributed by atoms with Gasteiger partial charge in [0.2, 0.25) is 0 Å². The van der Waals surface area contributed by atoms with E-state index in [0.29, 0.717) is 24.6 Å². The zero-order valence-corrected chi connectivity index (χ0v) is 19.2. The number of benzene rings is 2. The molecule has 33 heavy (non-hydrogen) atoms. The molecule has 0 spiro atoms. The quantitative estimate of drug-likeness (QED) is 0.367. The van der Waals surface area contributed by atoms with E-state index >= 15 is 0 Å². The van der Waals surface area contributed by atoms with Gasteiger partial charge in [0.25, 0.3) is 5.91 Å². The highest BCUT2D eigenvalue weighted by Crippen LogP contribution is 2.28. The monoisotopic (exact) mass is 445 g/mol. The van der Waals surface area contributed by atoms with Crippen LogP contribution in [0.3, 0.4) is 0 Å². The molecule has 0 saturated carbocycles. The lowest BCUT2D eigenvalue weighted by Gasteiger charge is -2.30. The number of nitrogens with zero attached hydrogens (tertiary/aromatic N) is 2. The van der Waals surface area contributed by atoms with Crippen molar-refractivity contribution in [2.24, 2.45) is 5.73 Å². The molecule has 0 bridgehead atoms. The number of anilines is 1. The molecule has 2 aliphatic heterocycles. The molecular formula is C25H31N7O. The summed E-state index contributed by atoms with van der Waals surface area (Å²) in [6, 6.07) is 11.8. The number of rotatable bonds is 3. The molecule has 2 heterocycles. The van der Waals surface area contributed by atoms with Crippen molar-refractivity contribution in [2.45, 2.75) is 26.3 Å². The first kappa shape index (κ1) is 22.4. The lowest BCUT2D eigenvalue weighted by Crippen LogP contribution is -2.41. The smallest absolute Gasteiger partial charge is 0.255 e. The lowest BCUT2D eigenvalue weighted by molar-refractivity contribution is 0.102. The second kappa shape index (κ2) is 9.36. The highest BCUT2D eigenvalue weighted by molar-refractivity contribution is 6.04. The first-order valence-electron chi connectivity index (χ1n) is 11.2. The maximum atomic E-state index is 12.9. The third-order valence-corrected chi connectivity index (χ3v) is 6.41. The van der Waals surface area contributed by atoms with E-state index in [4.69, 9.17) is 16.6 Å². The van der Waals surface area contributed by atoms with E-state index in [1.54, 1.807) is 7.05 Å². The highest BCUT2D eigenvalue weighted by Gasteiger charge is 2.20. The van der Waals surface area contributed by atoms with Gasteiger partial charge in [0.05, 0.1) is 0 Å². The molecule has 0 radical (unpaired) electrons. The number of aryl methyl sites for hydroxylation is 1. The minimum Gasteiger partial charge on any atom is -0.370 e. The van der Waals surface area contributed by atoms with E-state index in [-0.39, 0.29) is 11.9 Å². The van der Waals surface area contributed by atoms with Crippen LogP contribution in [-0.2, 0) is 13.0 Å². The standard InChI is InChI=1S/C25H31N7O/c1-16-13-21(5-6-22(16)18-8-10-31(11-9-18)24(26)27)30-23(33)19-4-3-17-7-12-32(25(28)29-2)15-20(17)14-19/h3-6,8,13-14H,7,9-12,15H2,1-2H3,(H3,26,27)(H2,28,29)(H,30,33). The molecular weight excluding hydrogens is 414 g/mol. The SMILES string of the molecule is CNC(=N)N1CCc2ccc(C(=O)Nc3ccc(C4=CCN(C(=N)N)CC4)c(C)c3)cc2C1.